The first kappa shape index (κ1) is 37.7. The summed E-state index contributed by atoms with van der Waals surface area (Å²) in [5.41, 5.74) is 12.6. The molecule has 0 amide bonds. The smallest absolute Gasteiger partial charge is 0.220 e. The number of nitriles is 1. The summed E-state index contributed by atoms with van der Waals surface area (Å²) < 4.78 is 11.9. The number of benzene rings is 2. The first-order chi connectivity index (χ1) is 19.9. The first-order valence-corrected chi connectivity index (χ1v) is 13.5. The highest BCUT2D eigenvalue weighted by molar-refractivity contribution is 7.59. The standard InChI is InChI=1S/C16H20N4O2.C16H17N3O.2H2S/c1-9-10(2)18-12(4)19-16(9)22-11(3)13-5-7-14(8-6-13)15(17)20-21;1-10-11(2)18-13(4)19-16(10)20-12(3)15-7-5-14(9-17)6-8-15;;/h5-8,11,21H,1-4H3,(H2,17,20);5-8,12H,1-4H3;2*1H2/t11-;12-;;/m00../s1. The minimum Gasteiger partial charge on any atom is -0.469 e. The van der Waals surface area contributed by atoms with Crippen LogP contribution in [-0.2, 0) is 0 Å². The molecule has 0 aliphatic carbocycles. The molecular formula is C32H41N7O3S2. The molecule has 2 aromatic carbocycles. The summed E-state index contributed by atoms with van der Waals surface area (Å²) in [6, 6.07) is 16.8. The van der Waals surface area contributed by atoms with Crippen LogP contribution in [0.15, 0.2) is 53.7 Å². The SMILES string of the molecule is Cc1nc(C)c(C)c(O[C@@H](C)c2ccc(/C(N)=N/O)cc2)n1.Cc1nc(C)c(C)c(O[C@@H](C)c2ccc(C#N)cc2)n1.S.S. The lowest BCUT2D eigenvalue weighted by Gasteiger charge is -2.17. The molecule has 10 nitrogen and oxygen atoms in total. The zero-order valence-electron chi connectivity index (χ0n) is 26.3. The van der Waals surface area contributed by atoms with Crippen molar-refractivity contribution in [1.29, 1.82) is 5.26 Å². The van der Waals surface area contributed by atoms with Crippen molar-refractivity contribution in [2.24, 2.45) is 10.9 Å². The number of hydrogen-bond acceptors (Lipinski definition) is 9. The molecule has 0 aliphatic heterocycles. The van der Waals surface area contributed by atoms with E-state index in [2.05, 4.69) is 31.2 Å². The Morgan fingerprint density at radius 3 is 1.48 bits per heavy atom. The number of aromatic nitrogens is 4. The molecule has 0 radical (unpaired) electrons. The fraction of sp³-hybridized carbons (Fsp3) is 0.312. The number of rotatable bonds is 7. The van der Waals surface area contributed by atoms with Crippen LogP contribution in [0, 0.1) is 52.9 Å². The van der Waals surface area contributed by atoms with Gasteiger partial charge in [0.2, 0.25) is 11.8 Å². The lowest BCUT2D eigenvalue weighted by atomic mass is 10.1. The average molecular weight is 636 g/mol. The van der Waals surface area contributed by atoms with Gasteiger partial charge in [0.05, 0.1) is 11.6 Å². The monoisotopic (exact) mass is 635 g/mol. The van der Waals surface area contributed by atoms with E-state index < -0.39 is 0 Å². The van der Waals surface area contributed by atoms with Crippen LogP contribution in [0.5, 0.6) is 11.8 Å². The topological polar surface area (TPSA) is 152 Å². The van der Waals surface area contributed by atoms with Crippen LogP contribution in [-0.4, -0.2) is 31.0 Å². The van der Waals surface area contributed by atoms with Crippen LogP contribution in [0.3, 0.4) is 0 Å². The summed E-state index contributed by atoms with van der Waals surface area (Å²) in [7, 11) is 0. The highest BCUT2D eigenvalue weighted by atomic mass is 32.1. The van der Waals surface area contributed by atoms with Crippen LogP contribution in [0.2, 0.25) is 0 Å². The minimum absolute atomic E-state index is 0. The fourth-order valence-corrected chi connectivity index (χ4v) is 3.99. The summed E-state index contributed by atoms with van der Waals surface area (Å²) >= 11 is 0. The Hall–Kier alpha value is -4.34. The predicted octanol–water partition coefficient (Wildman–Crippen LogP) is 6.28. The van der Waals surface area contributed by atoms with E-state index >= 15 is 0 Å². The van der Waals surface area contributed by atoms with Crippen molar-refractivity contribution in [3.8, 4) is 17.8 Å². The third-order valence-corrected chi connectivity index (χ3v) is 6.78. The van der Waals surface area contributed by atoms with Crippen LogP contribution >= 0.6 is 27.0 Å². The number of ether oxygens (including phenoxy) is 2. The molecule has 0 saturated carbocycles. The van der Waals surface area contributed by atoms with E-state index in [-0.39, 0.29) is 45.0 Å². The van der Waals surface area contributed by atoms with Gasteiger partial charge in [-0.2, -0.15) is 42.2 Å². The maximum Gasteiger partial charge on any atom is 0.220 e. The molecule has 2 aromatic heterocycles. The van der Waals surface area contributed by atoms with Crippen LogP contribution in [0.4, 0.5) is 0 Å². The molecule has 44 heavy (non-hydrogen) atoms. The molecule has 12 heteroatoms. The molecule has 0 bridgehead atoms. The molecule has 3 N–H and O–H groups in total. The number of nitrogens with zero attached hydrogens (tertiary/aromatic N) is 6. The maximum atomic E-state index is 8.80. The van der Waals surface area contributed by atoms with E-state index in [0.29, 0.717) is 34.5 Å². The first-order valence-electron chi connectivity index (χ1n) is 13.5. The number of hydrogen-bond donors (Lipinski definition) is 2. The summed E-state index contributed by atoms with van der Waals surface area (Å²) in [6.45, 7) is 15.4. The number of nitrogens with two attached hydrogens (primary N) is 1. The normalized spacial score (nSPS) is 11.8. The van der Waals surface area contributed by atoms with Crippen molar-refractivity contribution in [3.05, 3.63) is 105 Å². The van der Waals surface area contributed by atoms with Crippen LogP contribution in [0.1, 0.15) is 82.5 Å². The summed E-state index contributed by atoms with van der Waals surface area (Å²) in [5.74, 6) is 2.69. The molecule has 0 fully saturated rings. The van der Waals surface area contributed by atoms with Crippen molar-refractivity contribution in [2.75, 3.05) is 0 Å². The number of oxime groups is 1. The second-order valence-electron chi connectivity index (χ2n) is 9.93. The Morgan fingerprint density at radius 2 is 1.11 bits per heavy atom. The van der Waals surface area contributed by atoms with Gasteiger partial charge in [0.25, 0.3) is 0 Å². The molecule has 0 unspecified atom stereocenters. The third kappa shape index (κ3) is 9.86. The van der Waals surface area contributed by atoms with Crippen LogP contribution in [0.25, 0.3) is 0 Å². The van der Waals surface area contributed by atoms with Crippen molar-refractivity contribution in [3.63, 3.8) is 0 Å². The van der Waals surface area contributed by atoms with Gasteiger partial charge in [-0.15, -0.1) is 0 Å². The molecule has 4 rings (SSSR count). The van der Waals surface area contributed by atoms with Crippen molar-refractivity contribution >= 4 is 32.8 Å². The zero-order valence-corrected chi connectivity index (χ0v) is 28.3. The van der Waals surface area contributed by atoms with E-state index in [1.54, 1.807) is 24.3 Å². The predicted molar refractivity (Wildman–Crippen MR) is 181 cm³/mol. The Labute approximate surface area is 273 Å². The Morgan fingerprint density at radius 1 is 0.727 bits per heavy atom. The molecule has 2 heterocycles. The number of amidine groups is 1. The minimum atomic E-state index is -0.172. The van der Waals surface area contributed by atoms with E-state index in [9.17, 15) is 0 Å². The van der Waals surface area contributed by atoms with Crippen molar-refractivity contribution < 1.29 is 14.7 Å². The van der Waals surface area contributed by atoms with Gasteiger partial charge in [0.1, 0.15) is 23.9 Å². The highest BCUT2D eigenvalue weighted by Crippen LogP contribution is 2.26. The van der Waals surface area contributed by atoms with Gasteiger partial charge in [-0.1, -0.05) is 41.6 Å². The number of aryl methyl sites for hydroxylation is 4. The summed E-state index contributed by atoms with van der Waals surface area (Å²) in [5, 5.41) is 20.4. The van der Waals surface area contributed by atoms with E-state index in [1.165, 1.54) is 0 Å². The lowest BCUT2D eigenvalue weighted by Crippen LogP contribution is -2.13. The Bertz CT molecular complexity index is 1610. The second kappa shape index (κ2) is 17.1. The van der Waals surface area contributed by atoms with Gasteiger partial charge in [-0.05, 0) is 78.6 Å². The highest BCUT2D eigenvalue weighted by Gasteiger charge is 2.14. The summed E-state index contributed by atoms with van der Waals surface area (Å²) in [4.78, 5) is 17.3. The van der Waals surface area contributed by atoms with E-state index in [1.807, 2.05) is 79.7 Å². The average Bonchev–Trinajstić information content (AvgIpc) is 2.98. The van der Waals surface area contributed by atoms with Gasteiger partial charge in [0, 0.05) is 28.1 Å². The molecular weight excluding hydrogens is 595 g/mol. The van der Waals surface area contributed by atoms with Gasteiger partial charge in [-0.25, -0.2) is 9.97 Å². The molecule has 4 aromatic rings. The van der Waals surface area contributed by atoms with Gasteiger partial charge >= 0.3 is 0 Å². The molecule has 2 atom stereocenters. The fourth-order valence-electron chi connectivity index (χ4n) is 3.99. The van der Waals surface area contributed by atoms with E-state index in [4.69, 9.17) is 25.7 Å². The second-order valence-corrected chi connectivity index (χ2v) is 9.93. The lowest BCUT2D eigenvalue weighted by molar-refractivity contribution is 0.214. The zero-order chi connectivity index (χ0) is 31.0. The van der Waals surface area contributed by atoms with E-state index in [0.717, 1.165) is 33.6 Å². The van der Waals surface area contributed by atoms with Gasteiger partial charge in [-0.3, -0.25) is 0 Å². The van der Waals surface area contributed by atoms with Crippen molar-refractivity contribution in [2.45, 2.75) is 67.6 Å². The molecule has 234 valence electrons. The quantitative estimate of drug-likeness (QED) is 0.103. The molecule has 0 aliphatic rings. The van der Waals surface area contributed by atoms with Gasteiger partial charge in [0.15, 0.2) is 5.84 Å². The van der Waals surface area contributed by atoms with Gasteiger partial charge < -0.3 is 20.4 Å². The summed E-state index contributed by atoms with van der Waals surface area (Å²) in [6.07, 6.45) is -0.302. The molecule has 0 spiro atoms. The van der Waals surface area contributed by atoms with Crippen LogP contribution < -0.4 is 15.2 Å². The van der Waals surface area contributed by atoms with Crippen molar-refractivity contribution in [1.82, 2.24) is 19.9 Å². The Kier molecular flexibility index (Phi) is 14.6. The molecule has 0 saturated heterocycles. The largest absolute Gasteiger partial charge is 0.469 e. The third-order valence-electron chi connectivity index (χ3n) is 6.78. The maximum absolute atomic E-state index is 8.80. The Balaban J connectivity index is 0.000000422.